The standard InChI is InChI=1S/C13H17F3N4OS/c1-9-8-22-10(19-9)7-17-4-3-12(21,13(14,15)16)11-18-5-6-20(11)2/h5-6,8,17,21H,3-4,7H2,1-2H3. The van der Waals surface area contributed by atoms with Crippen LogP contribution in [0, 0.1) is 6.92 Å². The van der Waals surface area contributed by atoms with E-state index in [1.165, 1.54) is 35.3 Å². The second-order valence-electron chi connectivity index (χ2n) is 5.03. The van der Waals surface area contributed by atoms with Gasteiger partial charge in [-0.3, -0.25) is 0 Å². The van der Waals surface area contributed by atoms with Gasteiger partial charge in [0.05, 0.1) is 0 Å². The van der Waals surface area contributed by atoms with Crippen molar-refractivity contribution in [1.29, 1.82) is 0 Å². The molecule has 0 spiro atoms. The second kappa shape index (κ2) is 6.35. The molecule has 0 aliphatic heterocycles. The van der Waals surface area contributed by atoms with Crippen LogP contribution in [0.3, 0.4) is 0 Å². The molecule has 9 heteroatoms. The number of nitrogens with zero attached hydrogens (tertiary/aromatic N) is 3. The minimum atomic E-state index is -4.80. The van der Waals surface area contributed by atoms with Gasteiger partial charge in [-0.2, -0.15) is 13.2 Å². The fraction of sp³-hybridized carbons (Fsp3) is 0.538. The van der Waals surface area contributed by atoms with Gasteiger partial charge in [0.15, 0.2) is 0 Å². The van der Waals surface area contributed by atoms with E-state index in [9.17, 15) is 18.3 Å². The van der Waals surface area contributed by atoms with Gasteiger partial charge in [-0.25, -0.2) is 9.97 Å². The molecule has 0 radical (unpaired) electrons. The van der Waals surface area contributed by atoms with E-state index in [0.29, 0.717) is 6.54 Å². The SMILES string of the molecule is Cc1csc(CNCCC(O)(c2nccn2C)C(F)(F)F)n1. The Labute approximate surface area is 129 Å². The van der Waals surface area contributed by atoms with E-state index in [1.54, 1.807) is 0 Å². The average molecular weight is 334 g/mol. The number of hydrogen-bond acceptors (Lipinski definition) is 5. The molecular weight excluding hydrogens is 317 g/mol. The lowest BCUT2D eigenvalue weighted by Gasteiger charge is -2.30. The van der Waals surface area contributed by atoms with Crippen molar-refractivity contribution in [3.05, 3.63) is 34.3 Å². The molecule has 0 aromatic carbocycles. The van der Waals surface area contributed by atoms with Gasteiger partial charge in [0.2, 0.25) is 5.60 Å². The minimum absolute atomic E-state index is 0.0124. The molecule has 2 rings (SSSR count). The second-order valence-corrected chi connectivity index (χ2v) is 5.97. The summed E-state index contributed by atoms with van der Waals surface area (Å²) in [6.07, 6.45) is -2.72. The monoisotopic (exact) mass is 334 g/mol. The van der Waals surface area contributed by atoms with E-state index < -0.39 is 24.0 Å². The molecular formula is C13H17F3N4OS. The molecule has 0 saturated carbocycles. The summed E-state index contributed by atoms with van der Waals surface area (Å²) in [5.74, 6) is -0.410. The first-order valence-corrected chi connectivity index (χ1v) is 7.50. The van der Waals surface area contributed by atoms with Crippen molar-refractivity contribution >= 4 is 11.3 Å². The molecule has 122 valence electrons. The summed E-state index contributed by atoms with van der Waals surface area (Å²) in [6, 6.07) is 0. The van der Waals surface area contributed by atoms with Crippen molar-refractivity contribution < 1.29 is 18.3 Å². The van der Waals surface area contributed by atoms with Gasteiger partial charge in [0, 0.05) is 43.5 Å². The van der Waals surface area contributed by atoms with Crippen molar-refractivity contribution in [3.8, 4) is 0 Å². The molecule has 2 N–H and O–H groups in total. The molecule has 0 aliphatic carbocycles. The highest BCUT2D eigenvalue weighted by molar-refractivity contribution is 7.09. The third-order valence-electron chi connectivity index (χ3n) is 3.27. The van der Waals surface area contributed by atoms with Crippen LogP contribution in [-0.2, 0) is 19.2 Å². The Hall–Kier alpha value is -1.45. The molecule has 2 aromatic heterocycles. The number of hydrogen-bond donors (Lipinski definition) is 2. The molecule has 1 atom stereocenters. The van der Waals surface area contributed by atoms with Gasteiger partial charge >= 0.3 is 6.18 Å². The molecule has 0 fully saturated rings. The summed E-state index contributed by atoms with van der Waals surface area (Å²) in [4.78, 5) is 7.86. The summed E-state index contributed by atoms with van der Waals surface area (Å²) in [5, 5.41) is 15.7. The van der Waals surface area contributed by atoms with Crippen LogP contribution >= 0.6 is 11.3 Å². The van der Waals surface area contributed by atoms with E-state index in [4.69, 9.17) is 0 Å². The number of aliphatic hydroxyl groups is 1. The van der Waals surface area contributed by atoms with E-state index in [0.717, 1.165) is 10.7 Å². The van der Waals surface area contributed by atoms with E-state index in [2.05, 4.69) is 15.3 Å². The van der Waals surface area contributed by atoms with E-state index in [-0.39, 0.29) is 6.54 Å². The number of thiazole rings is 1. The third-order valence-corrected chi connectivity index (χ3v) is 4.23. The molecule has 2 aromatic rings. The number of rotatable bonds is 6. The van der Waals surface area contributed by atoms with Gasteiger partial charge in [0.25, 0.3) is 0 Å². The first-order valence-electron chi connectivity index (χ1n) is 6.62. The smallest absolute Gasteiger partial charge is 0.374 e. The zero-order valence-electron chi connectivity index (χ0n) is 12.2. The van der Waals surface area contributed by atoms with Gasteiger partial charge in [-0.15, -0.1) is 11.3 Å². The lowest BCUT2D eigenvalue weighted by atomic mass is 9.97. The van der Waals surface area contributed by atoms with Crippen LogP contribution in [0.15, 0.2) is 17.8 Å². The first-order chi connectivity index (χ1) is 10.2. The normalized spacial score (nSPS) is 15.0. The van der Waals surface area contributed by atoms with Gasteiger partial charge < -0.3 is 15.0 Å². The summed E-state index contributed by atoms with van der Waals surface area (Å²) in [6.45, 7) is 2.21. The van der Waals surface area contributed by atoms with Crippen molar-refractivity contribution in [3.63, 3.8) is 0 Å². The zero-order valence-corrected chi connectivity index (χ0v) is 13.0. The highest BCUT2D eigenvalue weighted by Gasteiger charge is 2.56. The predicted molar refractivity (Wildman–Crippen MR) is 76.3 cm³/mol. The van der Waals surface area contributed by atoms with Crippen LogP contribution in [0.4, 0.5) is 13.2 Å². The largest absolute Gasteiger partial charge is 0.424 e. The first kappa shape index (κ1) is 16.9. The van der Waals surface area contributed by atoms with Crippen LogP contribution < -0.4 is 5.32 Å². The Morgan fingerprint density at radius 2 is 2.14 bits per heavy atom. The van der Waals surface area contributed by atoms with E-state index in [1.807, 2.05) is 12.3 Å². The van der Waals surface area contributed by atoms with Crippen LogP contribution in [0.25, 0.3) is 0 Å². The van der Waals surface area contributed by atoms with Crippen molar-refractivity contribution in [1.82, 2.24) is 19.9 Å². The van der Waals surface area contributed by atoms with Crippen molar-refractivity contribution in [2.75, 3.05) is 6.54 Å². The Balaban J connectivity index is 2.01. The highest BCUT2D eigenvalue weighted by Crippen LogP contribution is 2.40. The van der Waals surface area contributed by atoms with Crippen LogP contribution in [0.2, 0.25) is 0 Å². The Kier molecular flexibility index (Phi) is 4.88. The lowest BCUT2D eigenvalue weighted by molar-refractivity contribution is -0.272. The topological polar surface area (TPSA) is 63.0 Å². The Morgan fingerprint density at radius 1 is 1.41 bits per heavy atom. The van der Waals surface area contributed by atoms with Crippen LogP contribution in [-0.4, -0.2) is 32.4 Å². The molecule has 0 bridgehead atoms. The van der Waals surface area contributed by atoms with Crippen LogP contribution in [0.1, 0.15) is 22.9 Å². The van der Waals surface area contributed by atoms with Crippen LogP contribution in [0.5, 0.6) is 0 Å². The zero-order chi connectivity index (χ0) is 16.4. The van der Waals surface area contributed by atoms with Crippen molar-refractivity contribution in [2.45, 2.75) is 31.7 Å². The molecule has 1 unspecified atom stereocenters. The molecule has 2 heterocycles. The quantitative estimate of drug-likeness (QED) is 0.795. The molecule has 0 saturated heterocycles. The minimum Gasteiger partial charge on any atom is -0.374 e. The summed E-state index contributed by atoms with van der Waals surface area (Å²) < 4.78 is 41.0. The highest BCUT2D eigenvalue weighted by atomic mass is 32.1. The molecule has 0 amide bonds. The number of nitrogens with one attached hydrogen (secondary N) is 1. The summed E-state index contributed by atoms with van der Waals surface area (Å²) in [7, 11) is 1.42. The van der Waals surface area contributed by atoms with Gasteiger partial charge in [-0.1, -0.05) is 0 Å². The number of aryl methyl sites for hydroxylation is 2. The van der Waals surface area contributed by atoms with Gasteiger partial charge in [0.1, 0.15) is 10.8 Å². The maximum atomic E-state index is 13.3. The number of aromatic nitrogens is 3. The fourth-order valence-electron chi connectivity index (χ4n) is 2.09. The summed E-state index contributed by atoms with van der Waals surface area (Å²) >= 11 is 1.44. The number of imidazole rings is 1. The molecule has 0 aliphatic rings. The Morgan fingerprint density at radius 3 is 2.64 bits per heavy atom. The maximum absolute atomic E-state index is 13.3. The summed E-state index contributed by atoms with van der Waals surface area (Å²) in [5.41, 5.74) is -2.10. The molecule has 22 heavy (non-hydrogen) atoms. The van der Waals surface area contributed by atoms with Crippen molar-refractivity contribution in [2.24, 2.45) is 7.05 Å². The van der Waals surface area contributed by atoms with Gasteiger partial charge in [-0.05, 0) is 13.5 Å². The average Bonchev–Trinajstić information content (AvgIpc) is 3.02. The third kappa shape index (κ3) is 3.47. The molecule has 5 nitrogen and oxygen atoms in total. The Bertz CT molecular complexity index is 625. The number of halogens is 3. The number of alkyl halides is 3. The van der Waals surface area contributed by atoms with E-state index >= 15 is 0 Å². The fourth-order valence-corrected chi connectivity index (χ4v) is 2.83. The maximum Gasteiger partial charge on any atom is 0.424 e. The predicted octanol–water partition coefficient (Wildman–Crippen LogP) is 2.11. The lowest BCUT2D eigenvalue weighted by Crippen LogP contribution is -2.46.